The predicted octanol–water partition coefficient (Wildman–Crippen LogP) is 5.76. The lowest BCUT2D eigenvalue weighted by Crippen LogP contribution is -2.32. The summed E-state index contributed by atoms with van der Waals surface area (Å²) in [6, 6.07) is 12.1. The average Bonchev–Trinajstić information content (AvgIpc) is 3.27. The number of rotatable bonds is 10. The molecule has 0 spiro atoms. The summed E-state index contributed by atoms with van der Waals surface area (Å²) in [6.07, 6.45) is 1.15. The molecule has 0 bridgehead atoms. The van der Waals surface area contributed by atoms with E-state index < -0.39 is 24.5 Å². The van der Waals surface area contributed by atoms with Crippen molar-refractivity contribution in [3.8, 4) is 5.75 Å². The van der Waals surface area contributed by atoms with Gasteiger partial charge in [-0.15, -0.1) is 0 Å². The quantitative estimate of drug-likeness (QED) is 0.321. The maximum atomic E-state index is 12.4. The Morgan fingerprint density at radius 2 is 1.65 bits per heavy atom. The third kappa shape index (κ3) is 5.99. The van der Waals surface area contributed by atoms with Crippen molar-refractivity contribution in [3.63, 3.8) is 0 Å². The molecule has 7 nitrogen and oxygen atoms in total. The summed E-state index contributed by atoms with van der Waals surface area (Å²) in [5, 5.41) is 22.4. The van der Waals surface area contributed by atoms with Crippen molar-refractivity contribution < 1.29 is 29.0 Å². The summed E-state index contributed by atoms with van der Waals surface area (Å²) in [5.41, 5.74) is 4.29. The zero-order chi connectivity index (χ0) is 27.5. The standard InChI is InChI=1S/C30H39NO6/c1-8-30(9-2,21-10-11-23(18(3)12-21)36-17-25(32)29(5,6)7)22-13-19(4)27-20(14-22)15-24(37-27)28(35)31-16-26(33)34/h10-15,25,32H,8-9,16-17H2,1-7H3,(H,31,35)(H,33,34). The molecule has 0 saturated heterocycles. The van der Waals surface area contributed by atoms with Gasteiger partial charge in [0.1, 0.15) is 24.5 Å². The van der Waals surface area contributed by atoms with Crippen molar-refractivity contribution >= 4 is 22.8 Å². The number of carbonyl (C=O) groups excluding carboxylic acids is 1. The molecule has 1 aromatic heterocycles. The van der Waals surface area contributed by atoms with Gasteiger partial charge in [0.15, 0.2) is 5.76 Å². The first kappa shape index (κ1) is 28.3. The lowest BCUT2D eigenvalue weighted by Gasteiger charge is -2.34. The van der Waals surface area contributed by atoms with E-state index in [9.17, 15) is 14.7 Å². The summed E-state index contributed by atoms with van der Waals surface area (Å²) in [7, 11) is 0. The molecule has 2 aromatic carbocycles. The molecule has 37 heavy (non-hydrogen) atoms. The van der Waals surface area contributed by atoms with E-state index >= 15 is 0 Å². The smallest absolute Gasteiger partial charge is 0.322 e. The first-order chi connectivity index (χ1) is 17.3. The lowest BCUT2D eigenvalue weighted by atomic mass is 9.70. The summed E-state index contributed by atoms with van der Waals surface area (Å²) < 4.78 is 11.8. The van der Waals surface area contributed by atoms with Crippen LogP contribution in [0.3, 0.4) is 0 Å². The number of furan rings is 1. The van der Waals surface area contributed by atoms with Crippen LogP contribution in [-0.4, -0.2) is 41.3 Å². The van der Waals surface area contributed by atoms with E-state index in [0.29, 0.717) is 5.58 Å². The van der Waals surface area contributed by atoms with Gasteiger partial charge in [-0.25, -0.2) is 0 Å². The number of hydrogen-bond donors (Lipinski definition) is 3. The minimum Gasteiger partial charge on any atom is -0.491 e. The number of ether oxygens (including phenoxy) is 1. The predicted molar refractivity (Wildman–Crippen MR) is 144 cm³/mol. The van der Waals surface area contributed by atoms with Crippen molar-refractivity contribution in [2.45, 2.75) is 72.8 Å². The van der Waals surface area contributed by atoms with Gasteiger partial charge in [-0.1, -0.05) is 52.8 Å². The van der Waals surface area contributed by atoms with Gasteiger partial charge in [-0.2, -0.15) is 0 Å². The van der Waals surface area contributed by atoms with E-state index in [0.717, 1.165) is 40.7 Å². The van der Waals surface area contributed by atoms with Gasteiger partial charge < -0.3 is 24.7 Å². The summed E-state index contributed by atoms with van der Waals surface area (Å²) in [4.78, 5) is 23.2. The van der Waals surface area contributed by atoms with Gasteiger partial charge in [0, 0.05) is 10.8 Å². The van der Waals surface area contributed by atoms with E-state index in [-0.39, 0.29) is 23.2 Å². The van der Waals surface area contributed by atoms with E-state index in [1.807, 2.05) is 40.7 Å². The number of amides is 1. The van der Waals surface area contributed by atoms with Crippen LogP contribution in [0.4, 0.5) is 0 Å². The van der Waals surface area contributed by atoms with Gasteiger partial charge in [0.25, 0.3) is 5.91 Å². The summed E-state index contributed by atoms with van der Waals surface area (Å²) >= 11 is 0. The SMILES string of the molecule is CCC(CC)(c1ccc(OCC(O)C(C)(C)C)c(C)c1)c1cc(C)c2oc(C(=O)NCC(=O)O)cc2c1. The second-order valence-corrected chi connectivity index (χ2v) is 10.9. The molecule has 1 heterocycles. The zero-order valence-corrected chi connectivity index (χ0v) is 22.9. The number of aliphatic carboxylic acids is 1. The van der Waals surface area contributed by atoms with Crippen molar-refractivity contribution in [2.75, 3.05) is 13.2 Å². The topological polar surface area (TPSA) is 109 Å². The molecule has 3 N–H and O–H groups in total. The van der Waals surface area contributed by atoms with Crippen LogP contribution >= 0.6 is 0 Å². The fraction of sp³-hybridized carbons (Fsp3) is 0.467. The molecule has 0 aliphatic heterocycles. The van der Waals surface area contributed by atoms with Crippen LogP contribution < -0.4 is 10.1 Å². The van der Waals surface area contributed by atoms with Crippen LogP contribution in [0.1, 0.15) is 80.3 Å². The van der Waals surface area contributed by atoms with Crippen LogP contribution in [0.15, 0.2) is 40.8 Å². The molecule has 1 atom stereocenters. The maximum Gasteiger partial charge on any atom is 0.322 e. The van der Waals surface area contributed by atoms with Crippen molar-refractivity contribution in [1.29, 1.82) is 0 Å². The Morgan fingerprint density at radius 1 is 1.00 bits per heavy atom. The molecule has 1 unspecified atom stereocenters. The summed E-state index contributed by atoms with van der Waals surface area (Å²) in [6.45, 7) is 14.0. The number of hydrogen-bond acceptors (Lipinski definition) is 5. The number of nitrogens with one attached hydrogen (secondary N) is 1. The highest BCUT2D eigenvalue weighted by Gasteiger charge is 2.32. The molecular formula is C30H39NO6. The van der Waals surface area contributed by atoms with E-state index in [1.54, 1.807) is 6.07 Å². The fourth-order valence-electron chi connectivity index (χ4n) is 4.72. The number of carboxylic acid groups (broad SMARTS) is 1. The highest BCUT2D eigenvalue weighted by Crippen LogP contribution is 2.42. The molecule has 3 rings (SSSR count). The van der Waals surface area contributed by atoms with E-state index in [1.165, 1.54) is 5.56 Å². The van der Waals surface area contributed by atoms with Gasteiger partial charge in [-0.05, 0) is 72.6 Å². The molecule has 0 radical (unpaired) electrons. The van der Waals surface area contributed by atoms with Gasteiger partial charge >= 0.3 is 5.97 Å². The van der Waals surface area contributed by atoms with Crippen LogP contribution in [0.5, 0.6) is 5.75 Å². The molecular weight excluding hydrogens is 470 g/mol. The first-order valence-electron chi connectivity index (χ1n) is 12.8. The minimum absolute atomic E-state index is 0.0879. The molecule has 0 aliphatic rings. The Kier molecular flexibility index (Phi) is 8.38. The molecule has 3 aromatic rings. The Balaban J connectivity index is 1.97. The number of aliphatic hydroxyl groups is 1. The highest BCUT2D eigenvalue weighted by molar-refractivity contribution is 5.98. The first-order valence-corrected chi connectivity index (χ1v) is 12.8. The number of fused-ring (bicyclic) bond motifs is 1. The van der Waals surface area contributed by atoms with E-state index in [2.05, 4.69) is 43.4 Å². The third-order valence-electron chi connectivity index (χ3n) is 7.31. The van der Waals surface area contributed by atoms with Gasteiger partial charge in [-0.3, -0.25) is 9.59 Å². The fourth-order valence-corrected chi connectivity index (χ4v) is 4.72. The lowest BCUT2D eigenvalue weighted by molar-refractivity contribution is -0.135. The monoisotopic (exact) mass is 509 g/mol. The van der Waals surface area contributed by atoms with Crippen LogP contribution in [-0.2, 0) is 10.2 Å². The second-order valence-electron chi connectivity index (χ2n) is 10.9. The molecule has 0 saturated carbocycles. The van der Waals surface area contributed by atoms with Crippen LogP contribution in [0, 0.1) is 19.3 Å². The maximum absolute atomic E-state index is 12.4. The summed E-state index contributed by atoms with van der Waals surface area (Å²) in [5.74, 6) is -0.827. The van der Waals surface area contributed by atoms with Crippen molar-refractivity contribution in [3.05, 3.63) is 64.4 Å². The zero-order valence-electron chi connectivity index (χ0n) is 22.9. The number of carbonyl (C=O) groups is 2. The Hall–Kier alpha value is -3.32. The third-order valence-corrected chi connectivity index (χ3v) is 7.31. The van der Waals surface area contributed by atoms with Crippen LogP contribution in [0.25, 0.3) is 11.0 Å². The van der Waals surface area contributed by atoms with Crippen LogP contribution in [0.2, 0.25) is 0 Å². The van der Waals surface area contributed by atoms with Gasteiger partial charge in [0.05, 0.1) is 6.10 Å². The molecule has 1 amide bonds. The van der Waals surface area contributed by atoms with Crippen molar-refractivity contribution in [1.82, 2.24) is 5.32 Å². The highest BCUT2D eigenvalue weighted by atomic mass is 16.5. The number of benzene rings is 2. The number of carboxylic acids is 1. The Bertz CT molecular complexity index is 1280. The van der Waals surface area contributed by atoms with Crippen molar-refractivity contribution in [2.24, 2.45) is 5.41 Å². The van der Waals surface area contributed by atoms with Gasteiger partial charge in [0.2, 0.25) is 0 Å². The average molecular weight is 510 g/mol. The largest absolute Gasteiger partial charge is 0.491 e. The molecule has 200 valence electrons. The van der Waals surface area contributed by atoms with E-state index in [4.69, 9.17) is 14.3 Å². The minimum atomic E-state index is -1.12. The molecule has 0 aliphatic carbocycles. The Labute approximate surface area is 218 Å². The number of aryl methyl sites for hydroxylation is 2. The second kappa shape index (κ2) is 11.0. The Morgan fingerprint density at radius 3 is 2.22 bits per heavy atom. The number of aliphatic hydroxyl groups excluding tert-OH is 1. The molecule has 0 fully saturated rings. The normalized spacial score (nSPS) is 13.0. The molecule has 7 heteroatoms.